The number of Topliss-reactive ketones (excluding diaryl/α,β-unsaturated/α-hetero) is 1. The van der Waals surface area contributed by atoms with Crippen molar-refractivity contribution in [1.82, 2.24) is 4.90 Å². The van der Waals surface area contributed by atoms with Crippen molar-refractivity contribution >= 4 is 17.4 Å². The number of methoxy groups -OCH3 is 1. The lowest BCUT2D eigenvalue weighted by atomic mass is 9.94. The van der Waals surface area contributed by atoms with Gasteiger partial charge in [-0.1, -0.05) is 25.1 Å². The fraction of sp³-hybridized carbons (Fsp3) is 0.273. The molecule has 1 amide bonds. The lowest BCUT2D eigenvalue weighted by molar-refractivity contribution is -0.139. The lowest BCUT2D eigenvalue weighted by Crippen LogP contribution is -2.30. The van der Waals surface area contributed by atoms with Crippen molar-refractivity contribution in [3.63, 3.8) is 0 Å². The summed E-state index contributed by atoms with van der Waals surface area (Å²) >= 11 is 0. The molecule has 1 fully saturated rings. The predicted octanol–water partition coefficient (Wildman–Crippen LogP) is 3.97. The van der Waals surface area contributed by atoms with Gasteiger partial charge in [-0.2, -0.15) is 0 Å². The average molecular weight is 383 g/mol. The van der Waals surface area contributed by atoms with Crippen molar-refractivity contribution in [1.29, 1.82) is 0 Å². The van der Waals surface area contributed by atoms with E-state index in [1.54, 1.807) is 31.2 Å². The van der Waals surface area contributed by atoms with Crippen LogP contribution in [0.15, 0.2) is 48.0 Å². The molecule has 0 aliphatic carbocycles. The molecule has 5 nitrogen and oxygen atoms in total. The van der Waals surface area contributed by atoms with Crippen LogP contribution in [0.5, 0.6) is 5.75 Å². The minimum atomic E-state index is -0.969. The predicted molar refractivity (Wildman–Crippen MR) is 103 cm³/mol. The smallest absolute Gasteiger partial charge is 0.295 e. The minimum Gasteiger partial charge on any atom is -0.507 e. The summed E-state index contributed by atoms with van der Waals surface area (Å²) in [6.45, 7) is 3.95. The van der Waals surface area contributed by atoms with Gasteiger partial charge in [0.25, 0.3) is 11.7 Å². The first-order valence-electron chi connectivity index (χ1n) is 9.08. The van der Waals surface area contributed by atoms with Crippen molar-refractivity contribution in [2.24, 2.45) is 0 Å². The molecule has 1 atom stereocenters. The fourth-order valence-corrected chi connectivity index (χ4v) is 3.55. The molecule has 0 spiro atoms. The van der Waals surface area contributed by atoms with Crippen LogP contribution in [0.4, 0.5) is 4.39 Å². The zero-order valence-electron chi connectivity index (χ0n) is 16.0. The Morgan fingerprint density at radius 1 is 1.21 bits per heavy atom. The summed E-state index contributed by atoms with van der Waals surface area (Å²) in [6, 6.07) is 9.96. The van der Waals surface area contributed by atoms with Crippen molar-refractivity contribution in [2.45, 2.75) is 26.3 Å². The third-order valence-electron chi connectivity index (χ3n) is 4.87. The van der Waals surface area contributed by atoms with Crippen molar-refractivity contribution < 1.29 is 23.8 Å². The summed E-state index contributed by atoms with van der Waals surface area (Å²) in [6.07, 6.45) is 0.597. The van der Waals surface area contributed by atoms with Crippen LogP contribution >= 0.6 is 0 Å². The number of amides is 1. The van der Waals surface area contributed by atoms with E-state index in [-0.39, 0.29) is 23.4 Å². The van der Waals surface area contributed by atoms with E-state index in [1.165, 1.54) is 30.2 Å². The van der Waals surface area contributed by atoms with Gasteiger partial charge in [-0.3, -0.25) is 9.59 Å². The Kier molecular flexibility index (Phi) is 5.49. The molecule has 1 aliphatic rings. The Balaban J connectivity index is 2.21. The maximum absolute atomic E-state index is 14.5. The molecule has 3 rings (SSSR count). The van der Waals surface area contributed by atoms with Gasteiger partial charge in [-0.05, 0) is 43.2 Å². The summed E-state index contributed by atoms with van der Waals surface area (Å²) < 4.78 is 19.8. The number of nitrogens with zero attached hydrogens (tertiary/aromatic N) is 1. The van der Waals surface area contributed by atoms with E-state index in [0.29, 0.717) is 17.7 Å². The molecule has 1 saturated heterocycles. The zero-order valence-corrected chi connectivity index (χ0v) is 16.0. The largest absolute Gasteiger partial charge is 0.507 e. The van der Waals surface area contributed by atoms with Crippen LogP contribution in [0, 0.1) is 12.7 Å². The maximum atomic E-state index is 14.5. The molecule has 0 radical (unpaired) electrons. The minimum absolute atomic E-state index is 0.104. The summed E-state index contributed by atoms with van der Waals surface area (Å²) in [4.78, 5) is 26.7. The number of aliphatic hydroxyl groups is 1. The fourth-order valence-electron chi connectivity index (χ4n) is 3.55. The highest BCUT2D eigenvalue weighted by molar-refractivity contribution is 6.46. The Labute approximate surface area is 163 Å². The number of rotatable bonds is 5. The van der Waals surface area contributed by atoms with Crippen LogP contribution in [0.25, 0.3) is 5.76 Å². The molecule has 1 aliphatic heterocycles. The van der Waals surface area contributed by atoms with Gasteiger partial charge in [0.05, 0.1) is 18.7 Å². The van der Waals surface area contributed by atoms with E-state index in [2.05, 4.69) is 0 Å². The molecule has 1 unspecified atom stereocenters. The number of ketones is 1. The first kappa shape index (κ1) is 19.6. The average Bonchev–Trinajstić information content (AvgIpc) is 2.93. The van der Waals surface area contributed by atoms with Gasteiger partial charge in [0.15, 0.2) is 0 Å². The highest BCUT2D eigenvalue weighted by atomic mass is 19.1. The molecular weight excluding hydrogens is 361 g/mol. The summed E-state index contributed by atoms with van der Waals surface area (Å²) in [5, 5.41) is 10.9. The van der Waals surface area contributed by atoms with Gasteiger partial charge in [0.2, 0.25) is 0 Å². The number of halogens is 1. The van der Waals surface area contributed by atoms with Gasteiger partial charge in [-0.25, -0.2) is 4.39 Å². The number of carbonyl (C=O) groups is 2. The van der Waals surface area contributed by atoms with Gasteiger partial charge >= 0.3 is 0 Å². The van der Waals surface area contributed by atoms with Crippen molar-refractivity contribution in [2.75, 3.05) is 13.7 Å². The molecule has 2 aromatic rings. The Morgan fingerprint density at radius 3 is 2.54 bits per heavy atom. The lowest BCUT2D eigenvalue weighted by Gasteiger charge is -2.25. The van der Waals surface area contributed by atoms with E-state index in [4.69, 9.17) is 4.74 Å². The van der Waals surface area contributed by atoms with Crippen molar-refractivity contribution in [3.05, 3.63) is 70.5 Å². The summed E-state index contributed by atoms with van der Waals surface area (Å²) in [7, 11) is 1.54. The van der Waals surface area contributed by atoms with Crippen LogP contribution in [-0.4, -0.2) is 35.4 Å². The third-order valence-corrected chi connectivity index (χ3v) is 4.87. The van der Waals surface area contributed by atoms with Crippen LogP contribution in [0.3, 0.4) is 0 Å². The number of carbonyl (C=O) groups excluding carboxylic acids is 2. The second kappa shape index (κ2) is 7.84. The molecule has 6 heteroatoms. The molecule has 0 bridgehead atoms. The van der Waals surface area contributed by atoms with Crippen LogP contribution in [0.1, 0.15) is 36.1 Å². The number of hydrogen-bond acceptors (Lipinski definition) is 4. The van der Waals surface area contributed by atoms with Gasteiger partial charge in [0.1, 0.15) is 17.3 Å². The third kappa shape index (κ3) is 3.26. The number of hydrogen-bond donors (Lipinski definition) is 1. The molecule has 28 heavy (non-hydrogen) atoms. The van der Waals surface area contributed by atoms with E-state index < -0.39 is 23.5 Å². The number of ether oxygens (including phenoxy) is 1. The maximum Gasteiger partial charge on any atom is 0.295 e. The monoisotopic (exact) mass is 383 g/mol. The van der Waals surface area contributed by atoms with Crippen LogP contribution in [0.2, 0.25) is 0 Å². The summed E-state index contributed by atoms with van der Waals surface area (Å²) in [5.41, 5.74) is 1.21. The van der Waals surface area contributed by atoms with Gasteiger partial charge < -0.3 is 14.7 Å². The van der Waals surface area contributed by atoms with Crippen molar-refractivity contribution in [3.8, 4) is 5.75 Å². The van der Waals surface area contributed by atoms with E-state index in [0.717, 1.165) is 5.56 Å². The summed E-state index contributed by atoms with van der Waals surface area (Å²) in [5.74, 6) is -1.77. The molecule has 1 N–H and O–H groups in total. The normalized spacial score (nSPS) is 18.6. The second-order valence-corrected chi connectivity index (χ2v) is 6.70. The molecule has 0 aromatic heterocycles. The number of benzene rings is 2. The number of aliphatic hydroxyl groups excluding tert-OH is 1. The topological polar surface area (TPSA) is 66.8 Å². The number of aryl methyl sites for hydroxylation is 1. The first-order chi connectivity index (χ1) is 13.4. The SMILES string of the molecule is CCCN1C(=O)C(=O)/C(=C(/O)c2ccc(OC)c(C)c2)C1c1ccccc1F. The Bertz CT molecular complexity index is 967. The molecular formula is C22H22FNO4. The standard InChI is InChI=1S/C22H22FNO4/c1-4-11-24-19(15-7-5-6-8-16(15)23)18(21(26)22(24)27)20(25)14-9-10-17(28-3)13(2)12-14/h5-10,12,19,25H,4,11H2,1-3H3/b20-18+. The molecule has 146 valence electrons. The molecule has 1 heterocycles. The highest BCUT2D eigenvalue weighted by Crippen LogP contribution is 2.40. The van der Waals surface area contributed by atoms with E-state index in [9.17, 15) is 19.1 Å². The molecule has 0 saturated carbocycles. The Morgan fingerprint density at radius 2 is 1.93 bits per heavy atom. The van der Waals surface area contributed by atoms with Gasteiger partial charge in [0, 0.05) is 17.7 Å². The van der Waals surface area contributed by atoms with Gasteiger partial charge in [-0.15, -0.1) is 0 Å². The zero-order chi connectivity index (χ0) is 20.4. The molecule has 2 aromatic carbocycles. The number of likely N-dealkylation sites (tertiary alicyclic amines) is 1. The second-order valence-electron chi connectivity index (χ2n) is 6.70. The Hall–Kier alpha value is -3.15. The quantitative estimate of drug-likeness (QED) is 0.482. The highest BCUT2D eigenvalue weighted by Gasteiger charge is 2.46. The van der Waals surface area contributed by atoms with E-state index in [1.807, 2.05) is 6.92 Å². The van der Waals surface area contributed by atoms with Crippen LogP contribution in [-0.2, 0) is 9.59 Å². The first-order valence-corrected chi connectivity index (χ1v) is 9.08. The van der Waals surface area contributed by atoms with Crippen LogP contribution < -0.4 is 4.74 Å². The van der Waals surface area contributed by atoms with E-state index >= 15 is 0 Å².